The topological polar surface area (TPSA) is 221 Å². The third-order valence-electron chi connectivity index (χ3n) is 12.8. The third kappa shape index (κ3) is 17.8. The number of halogens is 4. The van der Waals surface area contributed by atoms with Crippen LogP contribution in [0.4, 0.5) is 47.1 Å². The molecular formula is C55H64ClF3N14O6S. The number of benzene rings is 3. The van der Waals surface area contributed by atoms with Gasteiger partial charge in [-0.2, -0.15) is 0 Å². The van der Waals surface area contributed by atoms with Crippen molar-refractivity contribution in [3.63, 3.8) is 0 Å². The molecule has 1 aliphatic rings. The normalized spacial score (nSPS) is 13.3. The van der Waals surface area contributed by atoms with Crippen LogP contribution in [0, 0.1) is 13.8 Å². The maximum Gasteiger partial charge on any atom is 0.573 e. The first kappa shape index (κ1) is 58.8. The smallest absolute Gasteiger partial charge is 0.406 e. The summed E-state index contributed by atoms with van der Waals surface area (Å²) in [6.07, 6.45) is 1.35. The van der Waals surface area contributed by atoms with Crippen molar-refractivity contribution in [1.82, 2.24) is 50.1 Å². The van der Waals surface area contributed by atoms with E-state index in [1.54, 1.807) is 30.3 Å². The van der Waals surface area contributed by atoms with Gasteiger partial charge < -0.3 is 45.1 Å². The van der Waals surface area contributed by atoms with E-state index < -0.39 is 17.6 Å². The zero-order valence-electron chi connectivity index (χ0n) is 45.3. The van der Waals surface area contributed by atoms with Crippen molar-refractivity contribution in [2.45, 2.75) is 85.1 Å². The largest absolute Gasteiger partial charge is 0.573 e. The maximum absolute atomic E-state index is 13.1. The Hall–Kier alpha value is -7.35. The molecular weight excluding hydrogens is 1080 g/mol. The van der Waals surface area contributed by atoms with Gasteiger partial charge in [0, 0.05) is 74.8 Å². The minimum atomic E-state index is -4.78. The molecule has 0 bridgehead atoms. The first-order valence-corrected chi connectivity index (χ1v) is 27.1. The zero-order valence-corrected chi connectivity index (χ0v) is 46.8. The highest BCUT2D eigenvalue weighted by Gasteiger charge is 2.31. The average Bonchev–Trinajstić information content (AvgIpc) is 4.10. The highest BCUT2D eigenvalue weighted by molar-refractivity contribution is 7.17. The molecule has 25 heteroatoms. The van der Waals surface area contributed by atoms with Crippen LogP contribution in [0.1, 0.15) is 77.6 Å². The maximum atomic E-state index is 13.1. The van der Waals surface area contributed by atoms with Gasteiger partial charge in [-0.25, -0.2) is 24.9 Å². The average molecular weight is 1140 g/mol. The second-order valence-corrected chi connectivity index (χ2v) is 21.5. The molecule has 7 aromatic rings. The summed E-state index contributed by atoms with van der Waals surface area (Å²) in [5, 5.41) is 21.7. The predicted octanol–water partition coefficient (Wildman–Crippen LogP) is 10.0. The number of amides is 2. The van der Waals surface area contributed by atoms with Crippen molar-refractivity contribution < 1.29 is 41.7 Å². The van der Waals surface area contributed by atoms with Crippen LogP contribution in [0.15, 0.2) is 97.6 Å². The molecule has 8 rings (SSSR count). The van der Waals surface area contributed by atoms with Gasteiger partial charge in [0.15, 0.2) is 5.13 Å². The number of hydrogen-bond acceptors (Lipinski definition) is 18. The van der Waals surface area contributed by atoms with Crippen molar-refractivity contribution in [2.24, 2.45) is 0 Å². The molecule has 1 saturated heterocycles. The van der Waals surface area contributed by atoms with Crippen LogP contribution in [0.25, 0.3) is 11.3 Å². The number of aromatic nitrogens is 8. The lowest BCUT2D eigenvalue weighted by molar-refractivity contribution is -0.274. The van der Waals surface area contributed by atoms with E-state index >= 15 is 0 Å². The Bertz CT molecular complexity index is 3170. The van der Waals surface area contributed by atoms with E-state index in [-0.39, 0.29) is 24.1 Å². The predicted molar refractivity (Wildman–Crippen MR) is 300 cm³/mol. The van der Waals surface area contributed by atoms with Crippen LogP contribution in [0.5, 0.6) is 5.75 Å². The van der Waals surface area contributed by atoms with E-state index in [4.69, 9.17) is 30.8 Å². The van der Waals surface area contributed by atoms with Crippen molar-refractivity contribution in [1.29, 1.82) is 0 Å². The van der Waals surface area contributed by atoms with Gasteiger partial charge in [0.25, 0.3) is 11.8 Å². The van der Waals surface area contributed by atoms with Crippen molar-refractivity contribution in [3.05, 3.63) is 130 Å². The van der Waals surface area contributed by atoms with E-state index in [1.165, 1.54) is 48.1 Å². The Balaban J connectivity index is 0.679. The second-order valence-electron chi connectivity index (χ2n) is 20.1. The van der Waals surface area contributed by atoms with E-state index in [1.807, 2.05) is 76.7 Å². The van der Waals surface area contributed by atoms with Crippen LogP contribution in [-0.4, -0.2) is 133 Å². The molecule has 1 fully saturated rings. The van der Waals surface area contributed by atoms with E-state index in [0.717, 1.165) is 49.8 Å². The van der Waals surface area contributed by atoms with Crippen molar-refractivity contribution >= 4 is 68.7 Å². The summed E-state index contributed by atoms with van der Waals surface area (Å²) in [5.74, 6) is 1.54. The van der Waals surface area contributed by atoms with Crippen LogP contribution >= 0.6 is 22.9 Å². The minimum absolute atomic E-state index is 0.276. The first-order valence-electron chi connectivity index (χ1n) is 25.9. The Morgan fingerprint density at radius 1 is 0.787 bits per heavy atom. The molecule has 0 atom stereocenters. The summed E-state index contributed by atoms with van der Waals surface area (Å²) < 4.78 is 61.8. The number of para-hydroxylation sites is 1. The number of ether oxygens (including phenoxy) is 4. The molecule has 0 saturated carbocycles. The molecule has 4 aromatic heterocycles. The quantitative estimate of drug-likeness (QED) is 0.0371. The minimum Gasteiger partial charge on any atom is -0.406 e. The Kier molecular flexibility index (Phi) is 19.6. The van der Waals surface area contributed by atoms with Gasteiger partial charge in [0.2, 0.25) is 0 Å². The van der Waals surface area contributed by atoms with Gasteiger partial charge in [-0.15, -0.1) is 18.3 Å². The fourth-order valence-electron chi connectivity index (χ4n) is 8.36. The van der Waals surface area contributed by atoms with Gasteiger partial charge in [0.05, 0.1) is 66.4 Å². The summed E-state index contributed by atoms with van der Waals surface area (Å²) in [7, 11) is 0. The number of thiazole rings is 1. The van der Waals surface area contributed by atoms with Gasteiger partial charge in [-0.05, 0) is 102 Å². The molecule has 0 radical (unpaired) electrons. The third-order valence-corrected chi connectivity index (χ3v) is 14.0. The van der Waals surface area contributed by atoms with Crippen LogP contribution in [0.3, 0.4) is 0 Å². The Labute approximate surface area is 470 Å². The Morgan fingerprint density at radius 2 is 1.55 bits per heavy atom. The van der Waals surface area contributed by atoms with E-state index in [9.17, 15) is 22.8 Å². The summed E-state index contributed by atoms with van der Waals surface area (Å²) in [6.45, 7) is 18.5. The van der Waals surface area contributed by atoms with Crippen LogP contribution in [0.2, 0.25) is 5.02 Å². The van der Waals surface area contributed by atoms with Gasteiger partial charge >= 0.3 is 6.36 Å². The van der Waals surface area contributed by atoms with Crippen molar-refractivity contribution in [3.8, 4) is 17.0 Å². The fraction of sp³-hybridized carbons (Fsp3) is 0.400. The number of hydrogen-bond donors (Lipinski definition) is 4. The van der Waals surface area contributed by atoms with Gasteiger partial charge in [0.1, 0.15) is 45.9 Å². The fourth-order valence-corrected chi connectivity index (χ4v) is 9.35. The number of nitrogens with zero attached hydrogens (tertiary/aromatic N) is 10. The molecule has 5 heterocycles. The van der Waals surface area contributed by atoms with Crippen LogP contribution < -0.4 is 30.9 Å². The second kappa shape index (κ2) is 26.7. The standard InChI is InChI=1S/C55H64ClF3N14O6S/c1-36-9-7-12-43(56)49(36)68-51(75)45-32-61-52(80-45)67-47-31-48(65-37(2)64-47)72-23-21-71(22-24-72)25-28-76-34-41-33-73(70-69-41)20-17-53(3,4)77-26-18-54(5,6)78-27-19-60-50(74)39-11-8-10-38(29-39)44-30-46(63-35-62-44)66-40-13-15-42(16-14-40)79-55(57,58)59/h7-16,29-33,35H,17-28,34H2,1-6H3,(H,60,74)(H,68,75)(H,62,63,66)(H,61,64,65,67). The number of rotatable bonds is 26. The molecule has 0 aliphatic carbocycles. The monoisotopic (exact) mass is 1140 g/mol. The number of nitrogens with one attached hydrogen (secondary N) is 4. The number of anilines is 6. The van der Waals surface area contributed by atoms with Crippen molar-refractivity contribution in [2.75, 3.05) is 79.9 Å². The molecule has 1 aliphatic heterocycles. The lowest BCUT2D eigenvalue weighted by atomic mass is 10.0. The molecule has 4 N–H and O–H groups in total. The molecule has 0 unspecified atom stereocenters. The number of alkyl halides is 3. The molecule has 3 aromatic carbocycles. The van der Waals surface area contributed by atoms with E-state index in [0.29, 0.717) is 107 Å². The molecule has 424 valence electrons. The lowest BCUT2D eigenvalue weighted by Gasteiger charge is -2.35. The number of carbonyl (C=O) groups excluding carboxylic acids is 2. The van der Waals surface area contributed by atoms with Gasteiger partial charge in [-0.3, -0.25) is 19.2 Å². The number of aryl methyl sites for hydroxylation is 3. The SMILES string of the molecule is Cc1nc(Nc2ncc(C(=O)Nc3c(C)cccc3Cl)s2)cc(N2CCN(CCOCc3cn(CCC(C)(C)OCCC(C)(C)OCCNC(=O)c4cccc(-c5cc(Nc6ccc(OC(F)(F)F)cc6)ncn5)c4)nn3)CC2)n1. The Morgan fingerprint density at radius 3 is 2.33 bits per heavy atom. The summed E-state index contributed by atoms with van der Waals surface area (Å²) in [6, 6.07) is 21.3. The zero-order chi connectivity index (χ0) is 56.9. The molecule has 20 nitrogen and oxygen atoms in total. The molecule has 2 amide bonds. The van der Waals surface area contributed by atoms with Crippen LogP contribution in [-0.2, 0) is 27.4 Å². The number of piperazine rings is 1. The lowest BCUT2D eigenvalue weighted by Crippen LogP contribution is -2.47. The van der Waals surface area contributed by atoms with E-state index in [2.05, 4.69) is 66.1 Å². The molecule has 80 heavy (non-hydrogen) atoms. The molecule has 0 spiro atoms. The number of carbonyl (C=O) groups is 2. The summed E-state index contributed by atoms with van der Waals surface area (Å²) >= 11 is 7.54. The summed E-state index contributed by atoms with van der Waals surface area (Å²) in [5.41, 5.74) is 3.40. The first-order chi connectivity index (χ1) is 38.2. The summed E-state index contributed by atoms with van der Waals surface area (Å²) in [4.78, 5) is 53.4. The highest BCUT2D eigenvalue weighted by atomic mass is 35.5. The highest BCUT2D eigenvalue weighted by Crippen LogP contribution is 2.30. The van der Waals surface area contributed by atoms with Gasteiger partial charge in [-0.1, -0.05) is 52.4 Å².